The van der Waals surface area contributed by atoms with Crippen molar-refractivity contribution in [1.29, 1.82) is 0 Å². The summed E-state index contributed by atoms with van der Waals surface area (Å²) in [6.07, 6.45) is -0.00167. The highest BCUT2D eigenvalue weighted by Crippen LogP contribution is 2.38. The molecule has 1 atom stereocenters. The van der Waals surface area contributed by atoms with Gasteiger partial charge in [0.15, 0.2) is 0 Å². The first-order valence-corrected chi connectivity index (χ1v) is 9.00. The molecule has 1 aliphatic heterocycles. The van der Waals surface area contributed by atoms with Crippen LogP contribution in [0.15, 0.2) is 30.4 Å². The Kier molecular flexibility index (Phi) is 5.69. The Morgan fingerprint density at radius 1 is 1.15 bits per heavy atom. The first-order chi connectivity index (χ1) is 12.1. The molecule has 0 spiro atoms. The number of benzene rings is 1. The second kappa shape index (κ2) is 7.44. The van der Waals surface area contributed by atoms with Gasteiger partial charge in [0.25, 0.3) is 5.91 Å². The van der Waals surface area contributed by atoms with Crippen LogP contribution in [0.3, 0.4) is 0 Å². The normalized spacial score (nSPS) is 17.4. The molecule has 5 heteroatoms. The molecule has 1 aliphatic rings. The molecule has 0 aromatic heterocycles. The molecule has 26 heavy (non-hydrogen) atoms. The molecule has 2 rings (SSSR count). The van der Waals surface area contributed by atoms with Crippen molar-refractivity contribution < 1.29 is 14.4 Å². The number of hydrogen-bond donors (Lipinski definition) is 0. The number of nitrogens with zero attached hydrogens (tertiary/aromatic N) is 2. The van der Waals surface area contributed by atoms with Gasteiger partial charge in [0.2, 0.25) is 11.8 Å². The lowest BCUT2D eigenvalue weighted by molar-refractivity contribution is -0.133. The van der Waals surface area contributed by atoms with Gasteiger partial charge in [0.05, 0.1) is 12.1 Å². The molecule has 5 nitrogen and oxygen atoms in total. The third kappa shape index (κ3) is 3.43. The molecule has 1 fully saturated rings. The molecule has 0 radical (unpaired) electrons. The summed E-state index contributed by atoms with van der Waals surface area (Å²) in [4.78, 5) is 40.7. The van der Waals surface area contributed by atoms with Crippen LogP contribution in [0.1, 0.15) is 64.0 Å². The highest BCUT2D eigenvalue weighted by atomic mass is 16.2. The average Bonchev–Trinajstić information content (AvgIpc) is 2.86. The SMILES string of the molecule is C=C(C)C(=O)N(C)C1CC(=O)N(c2c(C(C)C)cccc2C(C)C)C1=O. The Morgan fingerprint density at radius 2 is 1.65 bits per heavy atom. The van der Waals surface area contributed by atoms with Gasteiger partial charge in [-0.25, -0.2) is 4.90 Å². The maximum absolute atomic E-state index is 13.1. The summed E-state index contributed by atoms with van der Waals surface area (Å²) in [6.45, 7) is 13.4. The van der Waals surface area contributed by atoms with Crippen LogP contribution >= 0.6 is 0 Å². The monoisotopic (exact) mass is 356 g/mol. The van der Waals surface area contributed by atoms with E-state index in [0.717, 1.165) is 11.1 Å². The van der Waals surface area contributed by atoms with Gasteiger partial charge in [-0.2, -0.15) is 0 Å². The van der Waals surface area contributed by atoms with Crippen LogP contribution in [0.5, 0.6) is 0 Å². The zero-order valence-electron chi connectivity index (χ0n) is 16.5. The van der Waals surface area contributed by atoms with Crippen LogP contribution in [0.4, 0.5) is 5.69 Å². The molecular weight excluding hydrogens is 328 g/mol. The van der Waals surface area contributed by atoms with E-state index in [2.05, 4.69) is 6.58 Å². The maximum Gasteiger partial charge on any atom is 0.257 e. The average molecular weight is 356 g/mol. The summed E-state index contributed by atoms with van der Waals surface area (Å²) in [5.74, 6) is -0.603. The molecule has 140 valence electrons. The van der Waals surface area contributed by atoms with Gasteiger partial charge in [-0.05, 0) is 29.9 Å². The summed E-state index contributed by atoms with van der Waals surface area (Å²) in [5, 5.41) is 0. The van der Waals surface area contributed by atoms with E-state index in [9.17, 15) is 14.4 Å². The minimum atomic E-state index is -0.785. The van der Waals surface area contributed by atoms with Crippen LogP contribution in [0.2, 0.25) is 0 Å². The Labute approximate surface area is 155 Å². The quantitative estimate of drug-likeness (QED) is 0.598. The van der Waals surface area contributed by atoms with Gasteiger partial charge in [-0.1, -0.05) is 52.5 Å². The molecule has 1 heterocycles. The van der Waals surface area contributed by atoms with Crippen LogP contribution < -0.4 is 4.90 Å². The molecule has 0 bridgehead atoms. The first kappa shape index (κ1) is 19.9. The highest BCUT2D eigenvalue weighted by molar-refractivity contribution is 6.24. The van der Waals surface area contributed by atoms with Gasteiger partial charge in [-0.3, -0.25) is 14.4 Å². The third-order valence-corrected chi connectivity index (χ3v) is 4.84. The summed E-state index contributed by atoms with van der Waals surface area (Å²) in [6, 6.07) is 5.10. The second-order valence-electron chi connectivity index (χ2n) is 7.58. The molecule has 0 aliphatic carbocycles. The number of carbonyl (C=O) groups is 3. The lowest BCUT2D eigenvalue weighted by atomic mass is 9.92. The number of amides is 3. The summed E-state index contributed by atoms with van der Waals surface area (Å²) in [7, 11) is 1.55. The molecule has 1 saturated heterocycles. The minimum Gasteiger partial charge on any atom is -0.329 e. The molecule has 1 unspecified atom stereocenters. The van der Waals surface area contributed by atoms with E-state index in [1.54, 1.807) is 14.0 Å². The molecule has 0 N–H and O–H groups in total. The smallest absolute Gasteiger partial charge is 0.257 e. The Hall–Kier alpha value is -2.43. The Bertz CT molecular complexity index is 738. The Balaban J connectivity index is 2.53. The van der Waals surface area contributed by atoms with E-state index in [-0.39, 0.29) is 36.0 Å². The molecule has 0 saturated carbocycles. The number of likely N-dealkylation sites (N-methyl/N-ethyl adjacent to an activating group) is 1. The van der Waals surface area contributed by atoms with Crippen molar-refractivity contribution in [2.24, 2.45) is 0 Å². The number of carbonyl (C=O) groups excluding carboxylic acids is 3. The van der Waals surface area contributed by atoms with Gasteiger partial charge >= 0.3 is 0 Å². The fourth-order valence-corrected chi connectivity index (χ4v) is 3.37. The van der Waals surface area contributed by atoms with E-state index < -0.39 is 6.04 Å². The highest BCUT2D eigenvalue weighted by Gasteiger charge is 2.44. The number of anilines is 1. The van der Waals surface area contributed by atoms with Crippen molar-refractivity contribution >= 4 is 23.4 Å². The van der Waals surface area contributed by atoms with E-state index in [1.807, 2.05) is 45.9 Å². The fraction of sp³-hybridized carbons (Fsp3) is 0.476. The van der Waals surface area contributed by atoms with Gasteiger partial charge < -0.3 is 4.90 Å². The fourth-order valence-electron chi connectivity index (χ4n) is 3.37. The van der Waals surface area contributed by atoms with Crippen molar-refractivity contribution in [3.8, 4) is 0 Å². The van der Waals surface area contributed by atoms with Crippen LogP contribution in [0.25, 0.3) is 0 Å². The zero-order valence-corrected chi connectivity index (χ0v) is 16.5. The molecule has 1 aromatic carbocycles. The summed E-state index contributed by atoms with van der Waals surface area (Å²) in [5.41, 5.74) is 2.96. The van der Waals surface area contributed by atoms with Crippen LogP contribution in [-0.4, -0.2) is 35.7 Å². The third-order valence-electron chi connectivity index (χ3n) is 4.84. The van der Waals surface area contributed by atoms with Crippen LogP contribution in [0, 0.1) is 0 Å². The van der Waals surface area contributed by atoms with Crippen molar-refractivity contribution in [3.63, 3.8) is 0 Å². The van der Waals surface area contributed by atoms with Gasteiger partial charge in [0.1, 0.15) is 6.04 Å². The molecular formula is C21H28N2O3. The Morgan fingerprint density at radius 3 is 2.08 bits per heavy atom. The van der Waals surface area contributed by atoms with Crippen molar-refractivity contribution in [3.05, 3.63) is 41.5 Å². The lowest BCUT2D eigenvalue weighted by Crippen LogP contribution is -2.43. The number of hydrogen-bond acceptors (Lipinski definition) is 3. The second-order valence-corrected chi connectivity index (χ2v) is 7.58. The van der Waals surface area contributed by atoms with Crippen LogP contribution in [-0.2, 0) is 14.4 Å². The van der Waals surface area contributed by atoms with Crippen molar-refractivity contribution in [2.75, 3.05) is 11.9 Å². The standard InChI is InChI=1S/C21H28N2O3/c1-12(2)15-9-8-10-16(13(3)4)19(15)23-18(24)11-17(21(23)26)22(7)20(25)14(5)6/h8-10,12-13,17H,5,11H2,1-4,6-7H3. The molecule has 1 aromatic rings. The largest absolute Gasteiger partial charge is 0.329 e. The summed E-state index contributed by atoms with van der Waals surface area (Å²) >= 11 is 0. The zero-order chi connectivity index (χ0) is 19.8. The van der Waals surface area contributed by atoms with Crippen molar-refractivity contribution in [1.82, 2.24) is 4.90 Å². The predicted octanol–water partition coefficient (Wildman–Crippen LogP) is 3.60. The number of para-hydroxylation sites is 1. The minimum absolute atomic E-state index is 0.00167. The van der Waals surface area contributed by atoms with E-state index in [0.29, 0.717) is 11.3 Å². The number of imide groups is 1. The lowest BCUT2D eigenvalue weighted by Gasteiger charge is -2.27. The van der Waals surface area contributed by atoms with E-state index >= 15 is 0 Å². The summed E-state index contributed by atoms with van der Waals surface area (Å²) < 4.78 is 0. The van der Waals surface area contributed by atoms with Crippen molar-refractivity contribution in [2.45, 2.75) is 58.9 Å². The first-order valence-electron chi connectivity index (χ1n) is 9.00. The molecule has 3 amide bonds. The number of rotatable bonds is 5. The van der Waals surface area contributed by atoms with Gasteiger partial charge in [0, 0.05) is 12.6 Å². The van der Waals surface area contributed by atoms with Gasteiger partial charge in [-0.15, -0.1) is 0 Å². The predicted molar refractivity (Wildman–Crippen MR) is 103 cm³/mol. The van der Waals surface area contributed by atoms with E-state index in [4.69, 9.17) is 0 Å². The maximum atomic E-state index is 13.1. The topological polar surface area (TPSA) is 57.7 Å². The van der Waals surface area contributed by atoms with E-state index in [1.165, 1.54) is 9.80 Å².